The van der Waals surface area contributed by atoms with Gasteiger partial charge in [-0.05, 0) is 69.8 Å². The van der Waals surface area contributed by atoms with E-state index < -0.39 is 0 Å². The Labute approximate surface area is 289 Å². The van der Waals surface area contributed by atoms with Crippen LogP contribution in [0.2, 0.25) is 0 Å². The van der Waals surface area contributed by atoms with Crippen LogP contribution in [0.15, 0.2) is 48.8 Å². The van der Waals surface area contributed by atoms with Crippen LogP contribution < -0.4 is 0 Å². The molecule has 0 saturated heterocycles. The van der Waals surface area contributed by atoms with Gasteiger partial charge in [-0.3, -0.25) is 4.68 Å². The quantitative estimate of drug-likeness (QED) is 0.152. The van der Waals surface area contributed by atoms with Crippen LogP contribution in [0, 0.1) is 13.8 Å². The van der Waals surface area contributed by atoms with Gasteiger partial charge in [-0.2, -0.15) is 0 Å². The Morgan fingerprint density at radius 1 is 0.714 bits per heavy atom. The van der Waals surface area contributed by atoms with Crippen molar-refractivity contribution in [1.29, 1.82) is 0 Å². The predicted octanol–water partition coefficient (Wildman–Crippen LogP) is 6.29. The summed E-state index contributed by atoms with van der Waals surface area (Å²) in [7, 11) is 4.44. The van der Waals surface area contributed by atoms with Gasteiger partial charge in [-0.15, -0.1) is 10.2 Å². The van der Waals surface area contributed by atoms with Crippen LogP contribution in [-0.2, 0) is 45.6 Å². The fraction of sp³-hybridized carbons (Fsp3) is 0.487. The molecular weight excluding hydrogens is 608 g/mol. The lowest BCUT2D eigenvalue weighted by Crippen LogP contribution is -2.27. The molecule has 2 aromatic carbocycles. The number of likely N-dealkylation sites (N-methyl/N-ethyl adjacent to an activating group) is 2. The molecule has 6 aromatic rings. The predicted molar refractivity (Wildman–Crippen MR) is 195 cm³/mol. The van der Waals surface area contributed by atoms with Gasteiger partial charge in [0.1, 0.15) is 11.4 Å². The maximum absolute atomic E-state index is 4.74. The van der Waals surface area contributed by atoms with Gasteiger partial charge in [0.25, 0.3) is 0 Å². The molecule has 49 heavy (non-hydrogen) atoms. The first-order valence-corrected chi connectivity index (χ1v) is 18.2. The molecule has 0 saturated carbocycles. The number of fused-ring (bicyclic) bond motifs is 6. The Bertz CT molecular complexity index is 2110. The molecule has 2 aliphatic heterocycles. The molecule has 1 atom stereocenters. The highest BCUT2D eigenvalue weighted by Gasteiger charge is 2.25. The normalized spacial score (nSPS) is 16.1. The third kappa shape index (κ3) is 6.21. The van der Waals surface area contributed by atoms with Crippen LogP contribution in [0.25, 0.3) is 21.8 Å². The van der Waals surface area contributed by atoms with Crippen LogP contribution >= 0.6 is 0 Å². The van der Waals surface area contributed by atoms with Crippen molar-refractivity contribution in [1.82, 2.24) is 48.9 Å². The largest absolute Gasteiger partial charge is 0.338 e. The first-order valence-electron chi connectivity index (χ1n) is 18.2. The third-order valence-corrected chi connectivity index (χ3v) is 10.9. The number of hydrogen-bond acceptors (Lipinski definition) is 6. The second-order valence-corrected chi connectivity index (χ2v) is 14.8. The molecule has 6 heterocycles. The van der Waals surface area contributed by atoms with Crippen molar-refractivity contribution in [3.63, 3.8) is 0 Å². The van der Waals surface area contributed by atoms with Gasteiger partial charge in [-0.1, -0.05) is 59.9 Å². The zero-order valence-corrected chi connectivity index (χ0v) is 29.9. The molecule has 0 fully saturated rings. The van der Waals surface area contributed by atoms with Gasteiger partial charge in [0.2, 0.25) is 0 Å². The fourth-order valence-electron chi connectivity index (χ4n) is 8.30. The number of rotatable bonds is 11. The van der Waals surface area contributed by atoms with Crippen LogP contribution in [0.3, 0.4) is 0 Å². The molecule has 0 spiro atoms. The molecule has 256 valence electrons. The smallest absolute Gasteiger partial charge is 0.102 e. The topological polar surface area (TPSA) is 77.8 Å². The van der Waals surface area contributed by atoms with Gasteiger partial charge in [0.05, 0.1) is 38.1 Å². The Morgan fingerprint density at radius 2 is 1.29 bits per heavy atom. The molecule has 1 unspecified atom stereocenters. The molecule has 2 aliphatic rings. The Balaban J connectivity index is 1.04. The van der Waals surface area contributed by atoms with Crippen molar-refractivity contribution in [2.75, 3.05) is 27.2 Å². The second-order valence-electron chi connectivity index (χ2n) is 14.8. The van der Waals surface area contributed by atoms with E-state index in [1.165, 1.54) is 68.3 Å². The van der Waals surface area contributed by atoms with E-state index in [0.717, 1.165) is 82.9 Å². The summed E-state index contributed by atoms with van der Waals surface area (Å²) in [5.41, 5.74) is 13.0. The summed E-state index contributed by atoms with van der Waals surface area (Å²) in [6, 6.07) is 13.9. The molecule has 0 bridgehead atoms. The van der Waals surface area contributed by atoms with Gasteiger partial charge >= 0.3 is 0 Å². The summed E-state index contributed by atoms with van der Waals surface area (Å²) < 4.78 is 9.09. The maximum atomic E-state index is 4.74. The summed E-state index contributed by atoms with van der Waals surface area (Å²) in [5.74, 6) is 0. The van der Waals surface area contributed by atoms with E-state index in [1.54, 1.807) is 0 Å². The highest BCUT2D eigenvalue weighted by molar-refractivity contribution is 5.87. The molecule has 0 amide bonds. The average Bonchev–Trinajstić information content (AvgIpc) is 3.86. The van der Waals surface area contributed by atoms with Gasteiger partial charge in [-0.25, -0.2) is 4.68 Å². The minimum atomic E-state index is 0.160. The zero-order valence-electron chi connectivity index (χ0n) is 29.9. The van der Waals surface area contributed by atoms with E-state index in [0.29, 0.717) is 0 Å². The minimum Gasteiger partial charge on any atom is -0.338 e. The summed E-state index contributed by atoms with van der Waals surface area (Å²) >= 11 is 0. The lowest BCUT2D eigenvalue weighted by atomic mass is 10.0. The molecule has 0 radical (unpaired) electrons. The number of aryl methyl sites for hydroxylation is 2. The van der Waals surface area contributed by atoms with Crippen molar-refractivity contribution in [2.45, 2.75) is 98.1 Å². The van der Waals surface area contributed by atoms with Crippen molar-refractivity contribution >= 4 is 21.8 Å². The first-order chi connectivity index (χ1) is 23.8. The first kappa shape index (κ1) is 32.0. The molecule has 10 heteroatoms. The van der Waals surface area contributed by atoms with E-state index >= 15 is 0 Å². The van der Waals surface area contributed by atoms with Crippen molar-refractivity contribution in [2.24, 2.45) is 0 Å². The van der Waals surface area contributed by atoms with E-state index in [-0.39, 0.29) is 6.04 Å². The SMILES string of the molecule is CCCCCC(Cn1cc(Cn2c3c(c4cc(C)ccc42)CN(C)CC3)nn1)n1cc(Cn2c3c(c4cc(C)ccc42)CN(C)CC3)nn1. The highest BCUT2D eigenvalue weighted by Crippen LogP contribution is 2.33. The molecule has 0 aliphatic carbocycles. The van der Waals surface area contributed by atoms with Crippen molar-refractivity contribution in [3.8, 4) is 0 Å². The summed E-state index contributed by atoms with van der Waals surface area (Å²) in [4.78, 5) is 4.85. The monoisotopic (exact) mass is 658 g/mol. The zero-order chi connectivity index (χ0) is 33.6. The number of unbranched alkanes of at least 4 members (excludes halogenated alkanes) is 2. The number of benzene rings is 2. The lowest BCUT2D eigenvalue weighted by molar-refractivity contribution is 0.310. The average molecular weight is 659 g/mol. The van der Waals surface area contributed by atoms with E-state index in [2.05, 4.69) is 118 Å². The number of aromatic nitrogens is 8. The van der Waals surface area contributed by atoms with Crippen LogP contribution in [0.1, 0.15) is 83.7 Å². The summed E-state index contributed by atoms with van der Waals surface area (Å²) in [6.07, 6.45) is 11.0. The molecule has 0 N–H and O–H groups in total. The molecule has 8 rings (SSSR count). The minimum absolute atomic E-state index is 0.160. The van der Waals surface area contributed by atoms with E-state index in [9.17, 15) is 0 Å². The maximum Gasteiger partial charge on any atom is 0.102 e. The Hall–Kier alpha value is -4.28. The second kappa shape index (κ2) is 13.2. The fourth-order valence-corrected chi connectivity index (χ4v) is 8.30. The Kier molecular flexibility index (Phi) is 8.61. The third-order valence-electron chi connectivity index (χ3n) is 10.9. The molecule has 10 nitrogen and oxygen atoms in total. The van der Waals surface area contributed by atoms with Gasteiger partial charge in [0, 0.05) is 72.2 Å². The standard InChI is InChI=1S/C39H50N10/c1-6-7-8-9-31(49-23-30(41-43-49)22-48-37-13-11-28(3)19-33(37)35-26-45(5)17-15-39(35)48)24-46-20-29(40-42-46)21-47-36-12-10-27(2)18-32(36)34-25-44(4)16-14-38(34)47/h10-13,18-20,23,31H,6-9,14-17,21-22,24-26H2,1-5H3. The number of hydrogen-bond donors (Lipinski definition) is 0. The highest BCUT2D eigenvalue weighted by atomic mass is 15.5. The summed E-state index contributed by atoms with van der Waals surface area (Å²) in [5, 5.41) is 21.6. The van der Waals surface area contributed by atoms with Gasteiger partial charge < -0.3 is 18.9 Å². The van der Waals surface area contributed by atoms with Crippen LogP contribution in [-0.4, -0.2) is 76.1 Å². The molecule has 4 aromatic heterocycles. The van der Waals surface area contributed by atoms with Crippen LogP contribution in [0.4, 0.5) is 0 Å². The number of nitrogens with zero attached hydrogens (tertiary/aromatic N) is 10. The van der Waals surface area contributed by atoms with E-state index in [1.807, 2.05) is 4.68 Å². The van der Waals surface area contributed by atoms with Crippen molar-refractivity contribution < 1.29 is 0 Å². The van der Waals surface area contributed by atoms with Gasteiger partial charge in [0.15, 0.2) is 0 Å². The Morgan fingerprint density at radius 3 is 1.88 bits per heavy atom. The lowest BCUT2D eigenvalue weighted by Gasteiger charge is -2.24. The molecular formula is C39H50N10. The van der Waals surface area contributed by atoms with E-state index in [4.69, 9.17) is 10.3 Å². The summed E-state index contributed by atoms with van der Waals surface area (Å²) in [6.45, 7) is 13.0. The van der Waals surface area contributed by atoms with Crippen molar-refractivity contribution in [3.05, 3.63) is 93.8 Å². The van der Waals surface area contributed by atoms with Crippen LogP contribution in [0.5, 0.6) is 0 Å².